The van der Waals surface area contributed by atoms with Crippen molar-refractivity contribution in [1.82, 2.24) is 10.6 Å². The Balaban J connectivity index is 1.76. The second-order valence-corrected chi connectivity index (χ2v) is 6.23. The van der Waals surface area contributed by atoms with Crippen LogP contribution in [0.3, 0.4) is 0 Å². The summed E-state index contributed by atoms with van der Waals surface area (Å²) < 4.78 is 0. The molecule has 5 heteroatoms. The summed E-state index contributed by atoms with van der Waals surface area (Å²) in [4.78, 5) is 6.35. The monoisotopic (exact) mass is 344 g/mol. The Morgan fingerprint density at radius 3 is 2.17 bits per heavy atom. The summed E-state index contributed by atoms with van der Waals surface area (Å²) >= 11 is 5.90. The number of anilines is 1. The van der Waals surface area contributed by atoms with Crippen LogP contribution in [0.1, 0.15) is 11.1 Å². The van der Waals surface area contributed by atoms with Crippen LogP contribution in [0.4, 0.5) is 5.69 Å². The smallest absolute Gasteiger partial charge is 0.191 e. The largest absolute Gasteiger partial charge is 0.378 e. The molecule has 0 spiro atoms. The third-order valence-corrected chi connectivity index (χ3v) is 4.01. The van der Waals surface area contributed by atoms with Crippen molar-refractivity contribution in [3.8, 4) is 0 Å². The molecule has 128 valence electrons. The Kier molecular flexibility index (Phi) is 6.94. The first kappa shape index (κ1) is 18.1. The number of hydrogen-bond donors (Lipinski definition) is 2. The summed E-state index contributed by atoms with van der Waals surface area (Å²) in [6.45, 7) is 1.56. The van der Waals surface area contributed by atoms with Gasteiger partial charge in [-0.25, -0.2) is 0 Å². The molecule has 2 N–H and O–H groups in total. The zero-order valence-corrected chi connectivity index (χ0v) is 15.3. The van der Waals surface area contributed by atoms with Gasteiger partial charge in [-0.3, -0.25) is 4.99 Å². The Morgan fingerprint density at radius 2 is 1.58 bits per heavy atom. The molecular formula is C19H25ClN4. The maximum absolute atomic E-state index is 5.90. The molecule has 0 fully saturated rings. The molecule has 4 nitrogen and oxygen atoms in total. The summed E-state index contributed by atoms with van der Waals surface area (Å²) in [5, 5.41) is 7.43. The van der Waals surface area contributed by atoms with Crippen LogP contribution < -0.4 is 15.5 Å². The van der Waals surface area contributed by atoms with E-state index < -0.39 is 0 Å². The van der Waals surface area contributed by atoms with Crippen LogP contribution in [0, 0.1) is 0 Å². The highest BCUT2D eigenvalue weighted by Gasteiger charge is 2.00. The van der Waals surface area contributed by atoms with Crippen LogP contribution in [0.25, 0.3) is 0 Å². The van der Waals surface area contributed by atoms with Gasteiger partial charge < -0.3 is 15.5 Å². The van der Waals surface area contributed by atoms with Crippen molar-refractivity contribution < 1.29 is 0 Å². The van der Waals surface area contributed by atoms with E-state index in [4.69, 9.17) is 11.6 Å². The van der Waals surface area contributed by atoms with Gasteiger partial charge in [0.25, 0.3) is 0 Å². The molecule has 0 atom stereocenters. The van der Waals surface area contributed by atoms with Gasteiger partial charge in [-0.2, -0.15) is 0 Å². The molecule has 0 aliphatic rings. The van der Waals surface area contributed by atoms with Gasteiger partial charge in [-0.15, -0.1) is 0 Å². The minimum atomic E-state index is 0.744. The molecule has 0 aliphatic heterocycles. The number of guanidine groups is 1. The van der Waals surface area contributed by atoms with Gasteiger partial charge in [-0.1, -0.05) is 35.9 Å². The Labute approximate surface area is 149 Å². The van der Waals surface area contributed by atoms with Crippen LogP contribution in [-0.2, 0) is 13.0 Å². The van der Waals surface area contributed by atoms with E-state index in [0.717, 1.165) is 30.5 Å². The third kappa shape index (κ3) is 5.78. The molecule has 24 heavy (non-hydrogen) atoms. The van der Waals surface area contributed by atoms with E-state index >= 15 is 0 Å². The summed E-state index contributed by atoms with van der Waals surface area (Å²) in [6.07, 6.45) is 0.926. The Bertz CT molecular complexity index is 648. The van der Waals surface area contributed by atoms with E-state index in [-0.39, 0.29) is 0 Å². The fraction of sp³-hybridized carbons (Fsp3) is 0.316. The van der Waals surface area contributed by atoms with Crippen LogP contribution in [0.5, 0.6) is 0 Å². The van der Waals surface area contributed by atoms with Gasteiger partial charge in [-0.05, 0) is 41.8 Å². The molecule has 2 aromatic carbocycles. The molecule has 0 saturated heterocycles. The second-order valence-electron chi connectivity index (χ2n) is 5.79. The lowest BCUT2D eigenvalue weighted by Crippen LogP contribution is -2.37. The first-order chi connectivity index (χ1) is 11.6. The summed E-state index contributed by atoms with van der Waals surface area (Å²) in [5.74, 6) is 0.806. The molecular weight excluding hydrogens is 320 g/mol. The standard InChI is InChI=1S/C19H25ClN4/c1-21-19(22-13-12-15-4-8-17(20)9-5-15)23-14-16-6-10-18(11-7-16)24(2)3/h4-11H,12-14H2,1-3H3,(H2,21,22,23). The minimum Gasteiger partial charge on any atom is -0.378 e. The van der Waals surface area contributed by atoms with Gasteiger partial charge in [0.1, 0.15) is 0 Å². The average molecular weight is 345 g/mol. The van der Waals surface area contributed by atoms with Crippen molar-refractivity contribution in [2.45, 2.75) is 13.0 Å². The summed E-state index contributed by atoms with van der Waals surface area (Å²) in [5.41, 5.74) is 3.67. The van der Waals surface area contributed by atoms with Gasteiger partial charge in [0.15, 0.2) is 5.96 Å². The number of nitrogens with one attached hydrogen (secondary N) is 2. The number of rotatable bonds is 6. The fourth-order valence-corrected chi connectivity index (χ4v) is 2.42. The molecule has 0 unspecified atom stereocenters. The molecule has 0 aromatic heterocycles. The van der Waals surface area contributed by atoms with Crippen molar-refractivity contribution in [2.24, 2.45) is 4.99 Å². The number of aliphatic imine (C=N–C) groups is 1. The van der Waals surface area contributed by atoms with E-state index in [1.807, 2.05) is 38.4 Å². The molecule has 2 aromatic rings. The lowest BCUT2D eigenvalue weighted by atomic mass is 10.1. The molecule has 0 radical (unpaired) electrons. The highest BCUT2D eigenvalue weighted by atomic mass is 35.5. The first-order valence-electron chi connectivity index (χ1n) is 8.03. The predicted octanol–water partition coefficient (Wildman–Crippen LogP) is 3.31. The zero-order chi connectivity index (χ0) is 17.4. The minimum absolute atomic E-state index is 0.744. The number of halogens is 1. The van der Waals surface area contributed by atoms with E-state index in [9.17, 15) is 0 Å². The van der Waals surface area contributed by atoms with Crippen LogP contribution in [-0.4, -0.2) is 33.6 Å². The van der Waals surface area contributed by atoms with E-state index in [1.165, 1.54) is 16.8 Å². The lowest BCUT2D eigenvalue weighted by molar-refractivity contribution is 0.794. The van der Waals surface area contributed by atoms with E-state index in [0.29, 0.717) is 0 Å². The number of nitrogens with zero attached hydrogens (tertiary/aromatic N) is 2. The van der Waals surface area contributed by atoms with Crippen LogP contribution >= 0.6 is 11.6 Å². The topological polar surface area (TPSA) is 39.7 Å². The highest BCUT2D eigenvalue weighted by molar-refractivity contribution is 6.30. The molecule has 0 bridgehead atoms. The summed E-state index contributed by atoms with van der Waals surface area (Å²) in [6, 6.07) is 16.4. The Hall–Kier alpha value is -2.20. The van der Waals surface area contributed by atoms with Crippen LogP contribution in [0.15, 0.2) is 53.5 Å². The maximum Gasteiger partial charge on any atom is 0.191 e. The van der Waals surface area contributed by atoms with E-state index in [2.05, 4.69) is 44.8 Å². The number of hydrogen-bond acceptors (Lipinski definition) is 2. The summed E-state index contributed by atoms with van der Waals surface area (Å²) in [7, 11) is 5.87. The van der Waals surface area contributed by atoms with Gasteiger partial charge in [0.2, 0.25) is 0 Å². The molecule has 2 rings (SSSR count). The lowest BCUT2D eigenvalue weighted by Gasteiger charge is -2.14. The highest BCUT2D eigenvalue weighted by Crippen LogP contribution is 2.12. The van der Waals surface area contributed by atoms with Gasteiger partial charge >= 0.3 is 0 Å². The van der Waals surface area contributed by atoms with E-state index in [1.54, 1.807) is 7.05 Å². The molecule has 0 saturated carbocycles. The van der Waals surface area contributed by atoms with Gasteiger partial charge in [0.05, 0.1) is 0 Å². The third-order valence-electron chi connectivity index (χ3n) is 3.76. The van der Waals surface area contributed by atoms with Gasteiger partial charge in [0, 0.05) is 44.9 Å². The van der Waals surface area contributed by atoms with Crippen molar-refractivity contribution in [3.05, 3.63) is 64.7 Å². The number of benzene rings is 2. The van der Waals surface area contributed by atoms with Crippen molar-refractivity contribution in [3.63, 3.8) is 0 Å². The predicted molar refractivity (Wildman–Crippen MR) is 104 cm³/mol. The molecule has 0 heterocycles. The van der Waals surface area contributed by atoms with Crippen molar-refractivity contribution in [2.75, 3.05) is 32.6 Å². The SMILES string of the molecule is CN=C(NCCc1ccc(Cl)cc1)NCc1ccc(N(C)C)cc1. The normalized spacial score (nSPS) is 11.2. The quantitative estimate of drug-likeness (QED) is 0.624. The van der Waals surface area contributed by atoms with Crippen LogP contribution in [0.2, 0.25) is 5.02 Å². The molecule has 0 amide bonds. The Morgan fingerprint density at radius 1 is 0.958 bits per heavy atom. The second kappa shape index (κ2) is 9.18. The zero-order valence-electron chi connectivity index (χ0n) is 14.5. The fourth-order valence-electron chi connectivity index (χ4n) is 2.29. The van der Waals surface area contributed by atoms with Crippen molar-refractivity contribution >= 4 is 23.2 Å². The average Bonchev–Trinajstić information content (AvgIpc) is 2.60. The molecule has 0 aliphatic carbocycles. The van der Waals surface area contributed by atoms with Crippen molar-refractivity contribution in [1.29, 1.82) is 0 Å². The first-order valence-corrected chi connectivity index (χ1v) is 8.41. The maximum atomic E-state index is 5.90.